The van der Waals surface area contributed by atoms with Gasteiger partial charge in [-0.2, -0.15) is 0 Å². The Morgan fingerprint density at radius 1 is 0.917 bits per heavy atom. The Morgan fingerprint density at radius 2 is 1.54 bits per heavy atom. The third-order valence-corrected chi connectivity index (χ3v) is 6.67. The number of hydrogen-bond acceptors (Lipinski definition) is 1. The topological polar surface area (TPSA) is 29.1 Å². The maximum absolute atomic E-state index is 12.8. The molecule has 1 amide bonds. The van der Waals surface area contributed by atoms with E-state index in [0.29, 0.717) is 6.42 Å². The second kappa shape index (κ2) is 5.34. The molecule has 4 bridgehead atoms. The van der Waals surface area contributed by atoms with Gasteiger partial charge >= 0.3 is 0 Å². The molecule has 2 aromatic rings. The van der Waals surface area contributed by atoms with Crippen LogP contribution < -0.4 is 5.32 Å². The average molecular weight is 319 g/mol. The van der Waals surface area contributed by atoms with Crippen LogP contribution in [-0.4, -0.2) is 11.4 Å². The summed E-state index contributed by atoms with van der Waals surface area (Å²) in [6.07, 6.45) is 8.42. The molecule has 0 unspecified atom stereocenters. The summed E-state index contributed by atoms with van der Waals surface area (Å²) in [5.74, 6) is 2.82. The van der Waals surface area contributed by atoms with Gasteiger partial charge in [0.2, 0.25) is 5.91 Å². The Balaban J connectivity index is 1.36. The fraction of sp³-hybridized carbons (Fsp3) is 0.500. The van der Waals surface area contributed by atoms with E-state index in [1.807, 2.05) is 0 Å². The number of carbonyl (C=O) groups is 1. The number of rotatable bonds is 3. The summed E-state index contributed by atoms with van der Waals surface area (Å²) in [6, 6.07) is 14.6. The van der Waals surface area contributed by atoms with E-state index in [0.717, 1.165) is 23.3 Å². The molecule has 4 aliphatic carbocycles. The standard InChI is InChI=1S/C22H25NO/c24-21(11-19-6-3-5-18-4-1-2-7-20(18)19)23-22-12-15-8-16(13-22)10-17(9-15)14-22/h1-7,15-17H,8-14H2,(H,23,24). The van der Waals surface area contributed by atoms with Crippen LogP contribution in [0.15, 0.2) is 42.5 Å². The van der Waals surface area contributed by atoms with Gasteiger partial charge in [-0.3, -0.25) is 4.79 Å². The minimum atomic E-state index is 0.121. The molecule has 6 rings (SSSR count). The van der Waals surface area contributed by atoms with E-state index < -0.39 is 0 Å². The second-order valence-corrected chi connectivity index (χ2v) is 8.56. The average Bonchev–Trinajstić information content (AvgIpc) is 2.53. The van der Waals surface area contributed by atoms with E-state index >= 15 is 0 Å². The molecule has 4 saturated carbocycles. The van der Waals surface area contributed by atoms with Crippen LogP contribution in [0.1, 0.15) is 44.1 Å². The molecule has 4 aliphatic rings. The maximum atomic E-state index is 12.8. The molecule has 0 saturated heterocycles. The van der Waals surface area contributed by atoms with Crippen molar-refractivity contribution in [2.45, 2.75) is 50.5 Å². The minimum absolute atomic E-state index is 0.121. The predicted octanol–water partition coefficient (Wildman–Crippen LogP) is 4.47. The van der Waals surface area contributed by atoms with Crippen molar-refractivity contribution in [3.05, 3.63) is 48.0 Å². The first kappa shape index (κ1) is 14.5. The lowest BCUT2D eigenvalue weighted by Crippen LogP contribution is -2.60. The first-order valence-electron chi connectivity index (χ1n) is 9.47. The fourth-order valence-electron chi connectivity index (χ4n) is 6.22. The molecule has 0 atom stereocenters. The summed E-state index contributed by atoms with van der Waals surface area (Å²) < 4.78 is 0. The van der Waals surface area contributed by atoms with Crippen molar-refractivity contribution in [1.82, 2.24) is 5.32 Å². The summed E-state index contributed by atoms with van der Waals surface area (Å²) in [5, 5.41) is 5.93. The largest absolute Gasteiger partial charge is 0.350 e. The lowest BCUT2D eigenvalue weighted by Gasteiger charge is -2.56. The van der Waals surface area contributed by atoms with Crippen LogP contribution in [0.5, 0.6) is 0 Å². The van der Waals surface area contributed by atoms with Crippen LogP contribution in [0.4, 0.5) is 0 Å². The maximum Gasteiger partial charge on any atom is 0.224 e. The Kier molecular flexibility index (Phi) is 3.23. The van der Waals surface area contributed by atoms with Crippen molar-refractivity contribution in [1.29, 1.82) is 0 Å². The van der Waals surface area contributed by atoms with Crippen LogP contribution in [0.3, 0.4) is 0 Å². The van der Waals surface area contributed by atoms with Crippen molar-refractivity contribution in [2.75, 3.05) is 0 Å². The summed E-state index contributed by atoms with van der Waals surface area (Å²) in [4.78, 5) is 12.8. The zero-order chi connectivity index (χ0) is 16.1. The fourth-order valence-corrected chi connectivity index (χ4v) is 6.22. The molecule has 2 heteroatoms. The number of fused-ring (bicyclic) bond motifs is 1. The molecule has 4 fully saturated rings. The quantitative estimate of drug-likeness (QED) is 0.888. The van der Waals surface area contributed by atoms with Gasteiger partial charge in [-0.25, -0.2) is 0 Å². The third-order valence-electron chi connectivity index (χ3n) is 6.67. The van der Waals surface area contributed by atoms with E-state index in [1.54, 1.807) is 0 Å². The highest BCUT2D eigenvalue weighted by atomic mass is 16.1. The molecule has 2 aromatic carbocycles. The van der Waals surface area contributed by atoms with Gasteiger partial charge < -0.3 is 5.32 Å². The first-order chi connectivity index (χ1) is 11.7. The van der Waals surface area contributed by atoms with E-state index in [1.165, 1.54) is 49.3 Å². The second-order valence-electron chi connectivity index (χ2n) is 8.56. The third kappa shape index (κ3) is 2.44. The molecule has 2 nitrogen and oxygen atoms in total. The number of hydrogen-bond donors (Lipinski definition) is 1. The Morgan fingerprint density at radius 3 is 2.25 bits per heavy atom. The van der Waals surface area contributed by atoms with Crippen molar-refractivity contribution in [3.63, 3.8) is 0 Å². The van der Waals surface area contributed by atoms with E-state index in [-0.39, 0.29) is 11.4 Å². The molecule has 0 heterocycles. The highest BCUT2D eigenvalue weighted by molar-refractivity contribution is 5.90. The number of amides is 1. The van der Waals surface area contributed by atoms with Gasteiger partial charge in [0.25, 0.3) is 0 Å². The lowest BCUT2D eigenvalue weighted by molar-refractivity contribution is -0.126. The summed E-state index contributed by atoms with van der Waals surface area (Å²) in [7, 11) is 0. The van der Waals surface area contributed by atoms with E-state index in [2.05, 4.69) is 47.8 Å². The van der Waals surface area contributed by atoms with Crippen LogP contribution in [-0.2, 0) is 11.2 Å². The minimum Gasteiger partial charge on any atom is -0.350 e. The van der Waals surface area contributed by atoms with Crippen LogP contribution in [0.25, 0.3) is 10.8 Å². The smallest absolute Gasteiger partial charge is 0.224 e. The van der Waals surface area contributed by atoms with Crippen LogP contribution >= 0.6 is 0 Å². The Bertz CT molecular complexity index is 753. The molecule has 0 radical (unpaired) electrons. The van der Waals surface area contributed by atoms with Crippen molar-refractivity contribution in [2.24, 2.45) is 17.8 Å². The summed E-state index contributed by atoms with van der Waals surface area (Å²) in [5.41, 5.74) is 1.27. The molecule has 24 heavy (non-hydrogen) atoms. The van der Waals surface area contributed by atoms with Gasteiger partial charge in [0.15, 0.2) is 0 Å². The van der Waals surface area contributed by atoms with Crippen molar-refractivity contribution in [3.8, 4) is 0 Å². The predicted molar refractivity (Wildman–Crippen MR) is 96.7 cm³/mol. The van der Waals surface area contributed by atoms with E-state index in [9.17, 15) is 4.79 Å². The molecule has 124 valence electrons. The molecule has 0 aliphatic heterocycles. The normalized spacial score (nSPS) is 33.8. The van der Waals surface area contributed by atoms with Gasteiger partial charge in [-0.15, -0.1) is 0 Å². The molecular weight excluding hydrogens is 294 g/mol. The van der Waals surface area contributed by atoms with E-state index in [4.69, 9.17) is 0 Å². The van der Waals surface area contributed by atoms with Gasteiger partial charge in [0.05, 0.1) is 6.42 Å². The zero-order valence-corrected chi connectivity index (χ0v) is 14.1. The van der Waals surface area contributed by atoms with Gasteiger partial charge in [-0.1, -0.05) is 42.5 Å². The molecule has 0 spiro atoms. The number of carbonyl (C=O) groups excluding carboxylic acids is 1. The Hall–Kier alpha value is -1.83. The van der Waals surface area contributed by atoms with Gasteiger partial charge in [-0.05, 0) is 72.6 Å². The van der Waals surface area contributed by atoms with Crippen LogP contribution in [0, 0.1) is 17.8 Å². The molecule has 0 aromatic heterocycles. The monoisotopic (exact) mass is 319 g/mol. The van der Waals surface area contributed by atoms with Gasteiger partial charge in [0, 0.05) is 5.54 Å². The highest BCUT2D eigenvalue weighted by Gasteiger charge is 2.51. The molecule has 1 N–H and O–H groups in total. The number of nitrogens with one attached hydrogen (secondary N) is 1. The van der Waals surface area contributed by atoms with Crippen LogP contribution in [0.2, 0.25) is 0 Å². The summed E-state index contributed by atoms with van der Waals surface area (Å²) >= 11 is 0. The SMILES string of the molecule is O=C(Cc1cccc2ccccc12)NC12CC3CC(CC(C3)C1)C2. The summed E-state index contributed by atoms with van der Waals surface area (Å²) in [6.45, 7) is 0. The number of benzene rings is 2. The van der Waals surface area contributed by atoms with Crippen molar-refractivity contribution >= 4 is 16.7 Å². The highest BCUT2D eigenvalue weighted by Crippen LogP contribution is 2.55. The van der Waals surface area contributed by atoms with Gasteiger partial charge in [0.1, 0.15) is 0 Å². The first-order valence-corrected chi connectivity index (χ1v) is 9.47. The van der Waals surface area contributed by atoms with Crippen molar-refractivity contribution < 1.29 is 4.79 Å². The Labute approximate surface area is 143 Å². The lowest BCUT2D eigenvalue weighted by atomic mass is 9.53. The molecular formula is C22H25NO. The zero-order valence-electron chi connectivity index (χ0n) is 14.1.